The Morgan fingerprint density at radius 1 is 1.07 bits per heavy atom. The lowest BCUT2D eigenvalue weighted by molar-refractivity contribution is -0.358. The minimum Gasteiger partial charge on any atom is -0.322 e. The van der Waals surface area contributed by atoms with E-state index in [1.807, 2.05) is 0 Å². The molecule has 1 nitrogen and oxygen atoms in total. The first-order valence-corrected chi connectivity index (χ1v) is 3.67. The van der Waals surface area contributed by atoms with E-state index < -0.39 is 30.5 Å². The molecule has 0 heterocycles. The summed E-state index contributed by atoms with van der Waals surface area (Å²) in [6, 6.07) is -2.63. The normalized spacial score (nSPS) is 16.3. The highest BCUT2D eigenvalue weighted by Crippen LogP contribution is 2.48. The first kappa shape index (κ1) is 14.2. The fourth-order valence-corrected chi connectivity index (χ4v) is 0.749. The van der Waals surface area contributed by atoms with Gasteiger partial charge >= 0.3 is 18.0 Å². The average molecular weight is 239 g/mol. The smallest absolute Gasteiger partial charge is 0.322 e. The van der Waals surface area contributed by atoms with Gasteiger partial charge in [-0.1, -0.05) is 6.08 Å². The van der Waals surface area contributed by atoms with Crippen LogP contribution in [0.5, 0.6) is 0 Å². The second-order valence-electron chi connectivity index (χ2n) is 2.83. The maximum Gasteiger partial charge on any atom is 0.459 e. The summed E-state index contributed by atoms with van der Waals surface area (Å²) < 4.78 is 84.7. The number of rotatable bonds is 4. The number of hydrogen-bond acceptors (Lipinski definition) is 1. The van der Waals surface area contributed by atoms with Gasteiger partial charge in [-0.25, -0.2) is 0 Å². The van der Waals surface area contributed by atoms with Gasteiger partial charge in [0.1, 0.15) is 0 Å². The fourth-order valence-electron chi connectivity index (χ4n) is 0.749. The molecule has 0 amide bonds. The molecule has 90 valence electrons. The molecule has 0 unspecified atom stereocenters. The van der Waals surface area contributed by atoms with Gasteiger partial charge in [-0.2, -0.15) is 30.7 Å². The van der Waals surface area contributed by atoms with E-state index in [1.54, 1.807) is 0 Å². The number of hydrogen-bond donors (Lipinski definition) is 1. The molecular formula is C7H8F7N. The van der Waals surface area contributed by atoms with Crippen molar-refractivity contribution in [1.82, 2.24) is 0 Å². The van der Waals surface area contributed by atoms with Crippen molar-refractivity contribution in [2.45, 2.75) is 30.5 Å². The Bertz CT molecular complexity index is 232. The van der Waals surface area contributed by atoms with E-state index in [-0.39, 0.29) is 0 Å². The van der Waals surface area contributed by atoms with Crippen molar-refractivity contribution in [3.8, 4) is 0 Å². The van der Waals surface area contributed by atoms with Gasteiger partial charge in [0.25, 0.3) is 0 Å². The number of halogens is 7. The zero-order valence-electron chi connectivity index (χ0n) is 7.29. The van der Waals surface area contributed by atoms with Crippen molar-refractivity contribution >= 4 is 0 Å². The maximum atomic E-state index is 12.6. The van der Waals surface area contributed by atoms with Crippen LogP contribution in [0.25, 0.3) is 0 Å². The van der Waals surface area contributed by atoms with Gasteiger partial charge in [0.2, 0.25) is 0 Å². The van der Waals surface area contributed by atoms with Crippen molar-refractivity contribution in [2.24, 2.45) is 5.73 Å². The highest BCUT2D eigenvalue weighted by molar-refractivity contribution is 4.99. The molecule has 8 heteroatoms. The molecule has 15 heavy (non-hydrogen) atoms. The lowest BCUT2D eigenvalue weighted by atomic mass is 10.0. The van der Waals surface area contributed by atoms with Crippen LogP contribution in [0.15, 0.2) is 12.7 Å². The summed E-state index contributed by atoms with van der Waals surface area (Å²) in [6.45, 7) is 2.92. The van der Waals surface area contributed by atoms with E-state index in [1.165, 1.54) is 0 Å². The third-order valence-electron chi connectivity index (χ3n) is 1.66. The van der Waals surface area contributed by atoms with Crippen molar-refractivity contribution < 1.29 is 30.7 Å². The van der Waals surface area contributed by atoms with Gasteiger partial charge in [0, 0.05) is 0 Å². The Hall–Kier alpha value is -0.790. The summed E-state index contributed by atoms with van der Waals surface area (Å²) in [6.07, 6.45) is -6.45. The zero-order chi connectivity index (χ0) is 12.5. The zero-order valence-corrected chi connectivity index (χ0v) is 7.29. The molecule has 0 aromatic rings. The molecule has 0 rings (SSSR count). The first-order valence-electron chi connectivity index (χ1n) is 3.67. The van der Waals surface area contributed by atoms with Gasteiger partial charge in [-0.15, -0.1) is 6.58 Å². The van der Waals surface area contributed by atoms with Crippen LogP contribution in [0.1, 0.15) is 6.42 Å². The third kappa shape index (κ3) is 2.42. The molecule has 0 spiro atoms. The Morgan fingerprint density at radius 3 is 1.73 bits per heavy atom. The maximum absolute atomic E-state index is 12.6. The standard InChI is InChI=1S/C7H8F7N/c1-2-3-4(15)5(8,9)6(10,11)7(12,13)14/h2,4H,1,3,15H2/t4-/m1/s1. The van der Waals surface area contributed by atoms with E-state index in [9.17, 15) is 30.7 Å². The van der Waals surface area contributed by atoms with E-state index in [0.717, 1.165) is 6.08 Å². The van der Waals surface area contributed by atoms with E-state index in [4.69, 9.17) is 0 Å². The van der Waals surface area contributed by atoms with Gasteiger partial charge < -0.3 is 5.73 Å². The van der Waals surface area contributed by atoms with Crippen LogP contribution in [0.3, 0.4) is 0 Å². The molecule has 0 aromatic carbocycles. The van der Waals surface area contributed by atoms with Crippen LogP contribution in [-0.4, -0.2) is 24.1 Å². The molecule has 0 aliphatic carbocycles. The molecule has 0 saturated carbocycles. The largest absolute Gasteiger partial charge is 0.459 e. The fraction of sp³-hybridized carbons (Fsp3) is 0.714. The quantitative estimate of drug-likeness (QED) is 0.592. The van der Waals surface area contributed by atoms with Crippen LogP contribution < -0.4 is 5.73 Å². The van der Waals surface area contributed by atoms with E-state index >= 15 is 0 Å². The summed E-state index contributed by atoms with van der Waals surface area (Å²) in [5.41, 5.74) is 4.54. The van der Waals surface area contributed by atoms with Crippen molar-refractivity contribution in [3.63, 3.8) is 0 Å². The molecule has 0 aromatic heterocycles. The molecule has 0 bridgehead atoms. The molecule has 0 radical (unpaired) electrons. The van der Waals surface area contributed by atoms with Crippen molar-refractivity contribution in [2.75, 3.05) is 0 Å². The minimum absolute atomic E-state index is 0.741. The highest BCUT2D eigenvalue weighted by atomic mass is 19.4. The monoisotopic (exact) mass is 239 g/mol. The lowest BCUT2D eigenvalue weighted by Crippen LogP contribution is -2.60. The second-order valence-corrected chi connectivity index (χ2v) is 2.83. The van der Waals surface area contributed by atoms with Crippen LogP contribution in [0.4, 0.5) is 30.7 Å². The van der Waals surface area contributed by atoms with Gasteiger partial charge in [0.05, 0.1) is 6.04 Å². The SMILES string of the molecule is C=CC[C@@H](N)C(F)(F)C(F)(F)C(F)(F)F. The number of alkyl halides is 7. The summed E-state index contributed by atoms with van der Waals surface area (Å²) in [5.74, 6) is -11.5. The Balaban J connectivity index is 5.08. The van der Waals surface area contributed by atoms with Crippen LogP contribution in [-0.2, 0) is 0 Å². The topological polar surface area (TPSA) is 26.0 Å². The van der Waals surface area contributed by atoms with Crippen LogP contribution >= 0.6 is 0 Å². The highest BCUT2D eigenvalue weighted by Gasteiger charge is 2.74. The summed E-state index contributed by atoms with van der Waals surface area (Å²) in [5, 5.41) is 0. The average Bonchev–Trinajstić information content (AvgIpc) is 2.02. The van der Waals surface area contributed by atoms with Crippen molar-refractivity contribution in [1.29, 1.82) is 0 Å². The predicted molar refractivity (Wildman–Crippen MR) is 38.7 cm³/mol. The van der Waals surface area contributed by atoms with Gasteiger partial charge in [0.15, 0.2) is 0 Å². The molecule has 0 aliphatic rings. The summed E-state index contributed by atoms with van der Waals surface area (Å²) in [7, 11) is 0. The second kappa shape index (κ2) is 3.99. The first-order chi connectivity index (χ1) is 6.48. The molecular weight excluding hydrogens is 231 g/mol. The molecule has 0 aliphatic heterocycles. The molecule has 0 fully saturated rings. The van der Waals surface area contributed by atoms with Gasteiger partial charge in [-0.05, 0) is 6.42 Å². The van der Waals surface area contributed by atoms with Crippen LogP contribution in [0.2, 0.25) is 0 Å². The Kier molecular flexibility index (Phi) is 3.78. The van der Waals surface area contributed by atoms with E-state index in [2.05, 4.69) is 12.3 Å². The van der Waals surface area contributed by atoms with E-state index in [0.29, 0.717) is 0 Å². The molecule has 0 saturated heterocycles. The minimum atomic E-state index is -6.34. The third-order valence-corrected chi connectivity index (χ3v) is 1.66. The van der Waals surface area contributed by atoms with Crippen LogP contribution in [0, 0.1) is 0 Å². The van der Waals surface area contributed by atoms with Gasteiger partial charge in [-0.3, -0.25) is 0 Å². The molecule has 1 atom stereocenters. The predicted octanol–water partition coefficient (Wildman–Crippen LogP) is 2.72. The van der Waals surface area contributed by atoms with Crippen molar-refractivity contribution in [3.05, 3.63) is 12.7 Å². The lowest BCUT2D eigenvalue weighted by Gasteiger charge is -2.31. The molecule has 2 N–H and O–H groups in total. The summed E-state index contributed by atoms with van der Waals surface area (Å²) >= 11 is 0. The summed E-state index contributed by atoms with van der Waals surface area (Å²) in [4.78, 5) is 0. The Morgan fingerprint density at radius 2 is 1.47 bits per heavy atom. The number of nitrogens with two attached hydrogens (primary N) is 1. The Labute approximate surface area is 80.7 Å².